The zero-order valence-corrected chi connectivity index (χ0v) is 11.0. The molecule has 1 heterocycles. The maximum Gasteiger partial charge on any atom is 0.222 e. The summed E-state index contributed by atoms with van der Waals surface area (Å²) < 4.78 is 0. The molecule has 1 unspecified atom stereocenters. The maximum atomic E-state index is 11.6. The van der Waals surface area contributed by atoms with E-state index in [4.69, 9.17) is 0 Å². The molecule has 1 rings (SSSR count). The molecule has 1 saturated heterocycles. The van der Waals surface area contributed by atoms with E-state index in [0.717, 1.165) is 6.42 Å². The highest BCUT2D eigenvalue weighted by molar-refractivity contribution is 5.79. The summed E-state index contributed by atoms with van der Waals surface area (Å²) in [5, 5.41) is 6.17. The Bertz CT molecular complexity index is 279. The minimum atomic E-state index is 0.0610. The number of rotatable bonds is 5. The van der Waals surface area contributed by atoms with Crippen molar-refractivity contribution in [2.24, 2.45) is 0 Å². The van der Waals surface area contributed by atoms with Gasteiger partial charge >= 0.3 is 0 Å². The molecule has 0 aromatic carbocycles. The minimum Gasteiger partial charge on any atom is -0.352 e. The van der Waals surface area contributed by atoms with Crippen LogP contribution in [0.2, 0.25) is 0 Å². The van der Waals surface area contributed by atoms with Crippen molar-refractivity contribution in [1.29, 1.82) is 0 Å². The van der Waals surface area contributed by atoms with Crippen molar-refractivity contribution in [3.8, 4) is 0 Å². The molecule has 0 bridgehead atoms. The van der Waals surface area contributed by atoms with Crippen LogP contribution in [-0.2, 0) is 9.59 Å². The normalized spacial score (nSPS) is 20.8. The molecule has 17 heavy (non-hydrogen) atoms. The lowest BCUT2D eigenvalue weighted by atomic mass is 10.1. The van der Waals surface area contributed by atoms with Crippen LogP contribution in [-0.4, -0.2) is 48.9 Å². The van der Waals surface area contributed by atoms with Gasteiger partial charge in [-0.05, 0) is 6.42 Å². The highest BCUT2D eigenvalue weighted by Crippen LogP contribution is 2.09. The van der Waals surface area contributed by atoms with Gasteiger partial charge in [0.05, 0.1) is 0 Å². The second-order valence-electron chi connectivity index (χ2n) is 4.94. The molecule has 0 aliphatic carbocycles. The van der Waals surface area contributed by atoms with Crippen molar-refractivity contribution in [2.45, 2.75) is 45.2 Å². The Morgan fingerprint density at radius 2 is 2.24 bits per heavy atom. The average molecular weight is 241 g/mol. The molecule has 1 atom stereocenters. The van der Waals surface area contributed by atoms with E-state index in [9.17, 15) is 9.59 Å². The Morgan fingerprint density at radius 1 is 1.53 bits per heavy atom. The van der Waals surface area contributed by atoms with Crippen LogP contribution in [0.25, 0.3) is 0 Å². The summed E-state index contributed by atoms with van der Waals surface area (Å²) >= 11 is 0. The van der Waals surface area contributed by atoms with Crippen LogP contribution in [0.3, 0.4) is 0 Å². The van der Waals surface area contributed by atoms with Crippen LogP contribution >= 0.6 is 0 Å². The average Bonchev–Trinajstić information content (AvgIpc) is 2.23. The molecule has 1 fully saturated rings. The molecule has 2 N–H and O–H groups in total. The fourth-order valence-electron chi connectivity index (χ4n) is 1.90. The summed E-state index contributed by atoms with van der Waals surface area (Å²) in [6.07, 6.45) is 1.78. The van der Waals surface area contributed by atoms with E-state index in [1.54, 1.807) is 11.9 Å². The van der Waals surface area contributed by atoms with Crippen LogP contribution in [0.15, 0.2) is 0 Å². The first-order valence-corrected chi connectivity index (χ1v) is 6.25. The van der Waals surface area contributed by atoms with E-state index in [1.807, 2.05) is 0 Å². The molecular formula is C12H23N3O2. The van der Waals surface area contributed by atoms with Gasteiger partial charge in [-0.25, -0.2) is 0 Å². The van der Waals surface area contributed by atoms with Gasteiger partial charge in [-0.1, -0.05) is 13.8 Å². The third-order valence-electron chi connectivity index (χ3n) is 2.90. The van der Waals surface area contributed by atoms with Crippen LogP contribution in [0, 0.1) is 0 Å². The fraction of sp³-hybridized carbons (Fsp3) is 0.833. The van der Waals surface area contributed by atoms with Crippen molar-refractivity contribution in [3.63, 3.8) is 0 Å². The summed E-state index contributed by atoms with van der Waals surface area (Å²) in [5.74, 6) is 0.225. The van der Waals surface area contributed by atoms with E-state index in [2.05, 4.69) is 24.5 Å². The first-order valence-electron chi connectivity index (χ1n) is 6.25. The lowest BCUT2D eigenvalue weighted by molar-refractivity contribution is -0.134. The predicted molar refractivity (Wildman–Crippen MR) is 66.6 cm³/mol. The first-order chi connectivity index (χ1) is 7.99. The molecule has 2 amide bonds. The first kappa shape index (κ1) is 14.0. The third-order valence-corrected chi connectivity index (χ3v) is 2.90. The predicted octanol–water partition coefficient (Wildman–Crippen LogP) is 0.112. The third kappa shape index (κ3) is 5.17. The van der Waals surface area contributed by atoms with Crippen molar-refractivity contribution < 1.29 is 9.59 Å². The van der Waals surface area contributed by atoms with Crippen molar-refractivity contribution in [2.75, 3.05) is 20.1 Å². The number of nitrogens with one attached hydrogen (secondary N) is 2. The van der Waals surface area contributed by atoms with Gasteiger partial charge in [0.1, 0.15) is 0 Å². The monoisotopic (exact) mass is 241 g/mol. The summed E-state index contributed by atoms with van der Waals surface area (Å²) in [6, 6.07) is 0.519. The van der Waals surface area contributed by atoms with E-state index in [-0.39, 0.29) is 17.9 Å². The zero-order valence-electron chi connectivity index (χ0n) is 11.0. The van der Waals surface area contributed by atoms with Gasteiger partial charge in [0.25, 0.3) is 0 Å². The second kappa shape index (κ2) is 6.59. The number of hydrogen-bond acceptors (Lipinski definition) is 3. The molecule has 1 aliphatic heterocycles. The molecule has 5 nitrogen and oxygen atoms in total. The zero-order chi connectivity index (χ0) is 12.8. The standard InChI is InChI=1S/C12H23N3O2/c1-9(2)13-7-6-11(16)14-10-4-5-12(17)15(3)8-10/h9-10,13H,4-8H2,1-3H3,(H,14,16). The Labute approximate surface area is 103 Å². The van der Waals surface area contributed by atoms with Crippen LogP contribution in [0.1, 0.15) is 33.1 Å². The molecule has 0 radical (unpaired) electrons. The van der Waals surface area contributed by atoms with Crippen LogP contribution in [0.4, 0.5) is 0 Å². The van der Waals surface area contributed by atoms with Crippen LogP contribution < -0.4 is 10.6 Å². The Hall–Kier alpha value is -1.10. The lowest BCUT2D eigenvalue weighted by Gasteiger charge is -2.30. The molecule has 0 aromatic heterocycles. The second-order valence-corrected chi connectivity index (χ2v) is 4.94. The van der Waals surface area contributed by atoms with Gasteiger partial charge in [0, 0.05) is 45.1 Å². The summed E-state index contributed by atoms with van der Waals surface area (Å²) in [4.78, 5) is 24.6. The number of amides is 2. The van der Waals surface area contributed by atoms with E-state index in [1.165, 1.54) is 0 Å². The van der Waals surface area contributed by atoms with Gasteiger partial charge in [0.2, 0.25) is 11.8 Å². The Balaban J connectivity index is 2.20. The number of nitrogens with zero attached hydrogens (tertiary/aromatic N) is 1. The number of hydrogen-bond donors (Lipinski definition) is 2. The largest absolute Gasteiger partial charge is 0.352 e. The highest BCUT2D eigenvalue weighted by atomic mass is 16.2. The van der Waals surface area contributed by atoms with Crippen molar-refractivity contribution in [1.82, 2.24) is 15.5 Å². The fourth-order valence-corrected chi connectivity index (χ4v) is 1.90. The van der Waals surface area contributed by atoms with Gasteiger partial charge < -0.3 is 15.5 Å². The number of likely N-dealkylation sites (tertiary alicyclic amines) is 1. The van der Waals surface area contributed by atoms with E-state index < -0.39 is 0 Å². The Morgan fingerprint density at radius 3 is 2.82 bits per heavy atom. The quantitative estimate of drug-likeness (QED) is 0.718. The summed E-state index contributed by atoms with van der Waals surface area (Å²) in [5.41, 5.74) is 0. The molecule has 5 heteroatoms. The molecule has 0 aromatic rings. The van der Waals surface area contributed by atoms with Gasteiger partial charge in [-0.3, -0.25) is 9.59 Å². The topological polar surface area (TPSA) is 61.4 Å². The van der Waals surface area contributed by atoms with Gasteiger partial charge in [-0.15, -0.1) is 0 Å². The van der Waals surface area contributed by atoms with E-state index in [0.29, 0.717) is 32.0 Å². The molecule has 0 spiro atoms. The molecule has 1 aliphatic rings. The lowest BCUT2D eigenvalue weighted by Crippen LogP contribution is -2.48. The maximum absolute atomic E-state index is 11.6. The van der Waals surface area contributed by atoms with Crippen molar-refractivity contribution in [3.05, 3.63) is 0 Å². The molecular weight excluding hydrogens is 218 g/mol. The van der Waals surface area contributed by atoms with Gasteiger partial charge in [-0.2, -0.15) is 0 Å². The highest BCUT2D eigenvalue weighted by Gasteiger charge is 2.23. The van der Waals surface area contributed by atoms with Crippen LogP contribution in [0.5, 0.6) is 0 Å². The smallest absolute Gasteiger partial charge is 0.222 e. The number of carbonyl (C=O) groups is 2. The number of piperidine rings is 1. The number of likely N-dealkylation sites (N-methyl/N-ethyl adjacent to an activating group) is 1. The Kier molecular flexibility index (Phi) is 5.41. The SMILES string of the molecule is CC(C)NCCC(=O)NC1CCC(=O)N(C)C1. The summed E-state index contributed by atoms with van der Waals surface area (Å²) in [7, 11) is 1.78. The summed E-state index contributed by atoms with van der Waals surface area (Å²) in [6.45, 7) is 5.44. The minimum absolute atomic E-state index is 0.0610. The van der Waals surface area contributed by atoms with Crippen molar-refractivity contribution >= 4 is 11.8 Å². The molecule has 98 valence electrons. The molecule has 0 saturated carbocycles. The van der Waals surface area contributed by atoms with E-state index >= 15 is 0 Å². The number of carbonyl (C=O) groups excluding carboxylic acids is 2. The van der Waals surface area contributed by atoms with Gasteiger partial charge in [0.15, 0.2) is 0 Å².